The van der Waals surface area contributed by atoms with Gasteiger partial charge in [-0.2, -0.15) is 15.4 Å². The fourth-order valence-electron chi connectivity index (χ4n) is 3.94. The number of rotatable bonds is 3. The van der Waals surface area contributed by atoms with E-state index in [0.29, 0.717) is 18.7 Å². The number of nitrogens with zero attached hydrogens (tertiary/aromatic N) is 3. The van der Waals surface area contributed by atoms with Gasteiger partial charge in [0.25, 0.3) is 0 Å². The van der Waals surface area contributed by atoms with Gasteiger partial charge in [-0.15, -0.1) is 0 Å². The number of piperidine rings is 1. The van der Waals surface area contributed by atoms with E-state index in [0.717, 1.165) is 31.7 Å². The summed E-state index contributed by atoms with van der Waals surface area (Å²) in [6.45, 7) is 6.56. The molecule has 6 nitrogen and oxygen atoms in total. The number of β-amino-alcohol motifs (C(OH)–C–C–N with tert-alkyl or cyclic N) is 1. The van der Waals surface area contributed by atoms with Crippen LogP contribution in [0.15, 0.2) is 24.4 Å². The monoisotopic (exact) mass is 328 g/mol. The number of ether oxygens (including phenoxy) is 1. The van der Waals surface area contributed by atoms with Crippen LogP contribution in [-0.2, 0) is 18.6 Å². The first kappa shape index (κ1) is 15.6. The van der Waals surface area contributed by atoms with Crippen LogP contribution in [-0.4, -0.2) is 44.1 Å². The molecule has 0 bridgehead atoms. The molecule has 0 spiro atoms. The van der Waals surface area contributed by atoms with Gasteiger partial charge in [-0.05, 0) is 38.8 Å². The third-order valence-electron chi connectivity index (χ3n) is 5.01. The van der Waals surface area contributed by atoms with E-state index in [1.165, 1.54) is 11.1 Å². The minimum Gasteiger partial charge on any atom is -0.487 e. The predicted molar refractivity (Wildman–Crippen MR) is 89.6 cm³/mol. The lowest BCUT2D eigenvalue weighted by molar-refractivity contribution is -0.0416. The summed E-state index contributed by atoms with van der Waals surface area (Å²) in [6, 6.07) is 6.38. The summed E-state index contributed by atoms with van der Waals surface area (Å²) < 4.78 is 6.17. The number of aromatic amines is 1. The summed E-state index contributed by atoms with van der Waals surface area (Å²) >= 11 is 0. The maximum absolute atomic E-state index is 11.0. The molecule has 2 aliphatic heterocycles. The molecule has 0 aliphatic carbocycles. The van der Waals surface area contributed by atoms with Crippen LogP contribution in [0.2, 0.25) is 0 Å². The van der Waals surface area contributed by atoms with Gasteiger partial charge in [0.2, 0.25) is 0 Å². The first-order chi connectivity index (χ1) is 11.5. The van der Waals surface area contributed by atoms with Gasteiger partial charge in [-0.25, -0.2) is 0 Å². The topological polar surface area (TPSA) is 74.3 Å². The molecule has 1 aromatic heterocycles. The van der Waals surface area contributed by atoms with Gasteiger partial charge in [0, 0.05) is 25.1 Å². The van der Waals surface area contributed by atoms with E-state index in [9.17, 15) is 5.11 Å². The van der Waals surface area contributed by atoms with Crippen molar-refractivity contribution in [1.82, 2.24) is 20.3 Å². The van der Waals surface area contributed by atoms with Gasteiger partial charge in [-0.3, -0.25) is 4.90 Å². The van der Waals surface area contributed by atoms with E-state index in [2.05, 4.69) is 52.4 Å². The molecular weight excluding hydrogens is 304 g/mol. The fourth-order valence-corrected chi connectivity index (χ4v) is 3.94. The van der Waals surface area contributed by atoms with E-state index in [1.54, 1.807) is 6.20 Å². The van der Waals surface area contributed by atoms with Crippen molar-refractivity contribution in [3.05, 3.63) is 41.2 Å². The minimum atomic E-state index is -0.927. The van der Waals surface area contributed by atoms with E-state index < -0.39 is 5.60 Å². The van der Waals surface area contributed by atoms with Crippen molar-refractivity contribution < 1.29 is 9.84 Å². The predicted octanol–water partition coefficient (Wildman–Crippen LogP) is 2.00. The first-order valence-corrected chi connectivity index (χ1v) is 8.56. The average molecular weight is 328 g/mol. The Morgan fingerprint density at radius 2 is 2.25 bits per heavy atom. The highest BCUT2D eigenvalue weighted by Crippen LogP contribution is 2.39. The van der Waals surface area contributed by atoms with Gasteiger partial charge in [0.05, 0.1) is 6.20 Å². The molecular formula is C18H24N4O2. The zero-order valence-electron chi connectivity index (χ0n) is 14.2. The molecule has 128 valence electrons. The second-order valence-corrected chi connectivity index (χ2v) is 7.64. The van der Waals surface area contributed by atoms with Crippen LogP contribution in [0.25, 0.3) is 0 Å². The Labute approximate surface area is 141 Å². The molecule has 1 atom stereocenters. The molecule has 24 heavy (non-hydrogen) atoms. The molecule has 4 rings (SSSR count). The zero-order valence-corrected chi connectivity index (χ0v) is 14.2. The number of H-pyrrole nitrogens is 1. The molecule has 2 aliphatic rings. The number of aliphatic hydroxyl groups is 1. The number of likely N-dealkylation sites (tertiary alicyclic amines) is 1. The zero-order chi connectivity index (χ0) is 16.8. The Balaban J connectivity index is 1.54. The van der Waals surface area contributed by atoms with Crippen LogP contribution in [0.4, 0.5) is 0 Å². The fraction of sp³-hybridized carbons (Fsp3) is 0.556. The van der Waals surface area contributed by atoms with Crippen molar-refractivity contribution in [2.75, 3.05) is 13.1 Å². The van der Waals surface area contributed by atoms with Crippen LogP contribution < -0.4 is 4.74 Å². The van der Waals surface area contributed by atoms with E-state index in [4.69, 9.17) is 4.74 Å². The van der Waals surface area contributed by atoms with Crippen molar-refractivity contribution >= 4 is 0 Å². The van der Waals surface area contributed by atoms with E-state index in [-0.39, 0.29) is 5.60 Å². The molecule has 0 amide bonds. The molecule has 6 heteroatoms. The highest BCUT2D eigenvalue weighted by molar-refractivity contribution is 5.45. The number of hydrogen-bond acceptors (Lipinski definition) is 5. The lowest BCUT2D eigenvalue weighted by Crippen LogP contribution is -2.46. The maximum atomic E-state index is 11.0. The summed E-state index contributed by atoms with van der Waals surface area (Å²) in [5.41, 5.74) is 2.04. The van der Waals surface area contributed by atoms with Gasteiger partial charge in [-0.1, -0.05) is 18.2 Å². The van der Waals surface area contributed by atoms with Crippen molar-refractivity contribution in [2.24, 2.45) is 0 Å². The van der Waals surface area contributed by atoms with Crippen LogP contribution in [0.5, 0.6) is 5.75 Å². The smallest absolute Gasteiger partial charge is 0.127 e. The molecule has 1 fully saturated rings. The minimum absolute atomic E-state index is 0.137. The first-order valence-electron chi connectivity index (χ1n) is 8.56. The highest BCUT2D eigenvalue weighted by Gasteiger charge is 2.38. The Morgan fingerprint density at radius 3 is 3.04 bits per heavy atom. The van der Waals surface area contributed by atoms with Gasteiger partial charge in [0.1, 0.15) is 22.6 Å². The van der Waals surface area contributed by atoms with Gasteiger partial charge < -0.3 is 9.84 Å². The van der Waals surface area contributed by atoms with Crippen LogP contribution in [0.1, 0.15) is 43.5 Å². The molecule has 2 N–H and O–H groups in total. The summed E-state index contributed by atoms with van der Waals surface area (Å²) in [7, 11) is 0. The normalized spacial score (nSPS) is 26.1. The van der Waals surface area contributed by atoms with Gasteiger partial charge >= 0.3 is 0 Å². The third kappa shape index (κ3) is 2.80. The summed E-state index contributed by atoms with van der Waals surface area (Å²) in [5.74, 6) is 1.03. The second kappa shape index (κ2) is 5.57. The number of hydrogen-bond donors (Lipinski definition) is 2. The largest absolute Gasteiger partial charge is 0.487 e. The van der Waals surface area contributed by atoms with Gasteiger partial charge in [0.15, 0.2) is 0 Å². The van der Waals surface area contributed by atoms with Crippen molar-refractivity contribution in [2.45, 2.75) is 50.9 Å². The Hall–Kier alpha value is -1.92. The summed E-state index contributed by atoms with van der Waals surface area (Å²) in [6.07, 6.45) is 4.21. The van der Waals surface area contributed by atoms with E-state index in [1.807, 2.05) is 0 Å². The average Bonchev–Trinajstić information content (AvgIpc) is 3.14. The summed E-state index contributed by atoms with van der Waals surface area (Å²) in [5, 5.41) is 21.5. The SMILES string of the molecule is CC1(C)Cc2cccc(CN3CCC[C@@](O)(c4cn[nH]n4)C3)c2O1. The van der Waals surface area contributed by atoms with E-state index >= 15 is 0 Å². The molecule has 0 saturated carbocycles. The molecule has 1 saturated heterocycles. The molecule has 0 radical (unpaired) electrons. The van der Waals surface area contributed by atoms with Crippen LogP contribution >= 0.6 is 0 Å². The number of benzene rings is 1. The Kier molecular flexibility index (Phi) is 3.62. The second-order valence-electron chi connectivity index (χ2n) is 7.64. The van der Waals surface area contributed by atoms with Crippen molar-refractivity contribution in [3.63, 3.8) is 0 Å². The molecule has 0 unspecified atom stereocenters. The number of aromatic nitrogens is 3. The Morgan fingerprint density at radius 1 is 1.38 bits per heavy atom. The number of para-hydroxylation sites is 1. The highest BCUT2D eigenvalue weighted by atomic mass is 16.5. The number of fused-ring (bicyclic) bond motifs is 1. The van der Waals surface area contributed by atoms with Crippen LogP contribution in [0.3, 0.4) is 0 Å². The van der Waals surface area contributed by atoms with Crippen molar-refractivity contribution in [3.8, 4) is 5.75 Å². The quantitative estimate of drug-likeness (QED) is 0.901. The molecule has 2 aromatic rings. The molecule has 1 aromatic carbocycles. The number of nitrogens with one attached hydrogen (secondary N) is 1. The standard InChI is InChI=1S/C18H24N4O2/c1-17(2)9-13-5-3-6-14(16(13)24-17)11-22-8-4-7-18(23,12-22)15-10-19-21-20-15/h3,5-6,10,23H,4,7-9,11-12H2,1-2H3,(H,19,20,21)/t18-/m0/s1. The Bertz CT molecular complexity index is 729. The maximum Gasteiger partial charge on any atom is 0.127 e. The molecule has 3 heterocycles. The third-order valence-corrected chi connectivity index (χ3v) is 5.01. The summed E-state index contributed by atoms with van der Waals surface area (Å²) in [4.78, 5) is 2.28. The lowest BCUT2D eigenvalue weighted by atomic mass is 9.89. The lowest BCUT2D eigenvalue weighted by Gasteiger charge is -2.38. The van der Waals surface area contributed by atoms with Crippen LogP contribution in [0, 0.1) is 0 Å². The van der Waals surface area contributed by atoms with Crippen molar-refractivity contribution in [1.29, 1.82) is 0 Å².